The number of thioether (sulfide) groups is 1. The van der Waals surface area contributed by atoms with Crippen LogP contribution in [0.5, 0.6) is 5.75 Å². The number of rotatable bonds is 6. The van der Waals surface area contributed by atoms with Crippen LogP contribution in [0.25, 0.3) is 5.69 Å². The van der Waals surface area contributed by atoms with Crippen molar-refractivity contribution in [2.75, 3.05) is 5.32 Å². The highest BCUT2D eigenvalue weighted by atomic mass is 35.5. The number of nitrogens with one attached hydrogen (secondary N) is 1. The van der Waals surface area contributed by atoms with E-state index in [1.54, 1.807) is 31.2 Å². The molecule has 1 aromatic heterocycles. The summed E-state index contributed by atoms with van der Waals surface area (Å²) in [5.41, 5.74) is 1.00. The summed E-state index contributed by atoms with van der Waals surface area (Å²) in [7, 11) is 0. The van der Waals surface area contributed by atoms with Gasteiger partial charge >= 0.3 is 6.36 Å². The Bertz CT molecular complexity index is 980. The first-order chi connectivity index (χ1) is 13.7. The van der Waals surface area contributed by atoms with Crippen molar-refractivity contribution in [1.82, 2.24) is 20.2 Å². The average molecular weight is 444 g/mol. The Hall–Kier alpha value is -2.79. The minimum Gasteiger partial charge on any atom is -0.406 e. The van der Waals surface area contributed by atoms with Crippen molar-refractivity contribution in [1.29, 1.82) is 0 Å². The highest BCUT2D eigenvalue weighted by Gasteiger charge is 2.31. The van der Waals surface area contributed by atoms with Crippen LogP contribution in [0.1, 0.15) is 6.92 Å². The van der Waals surface area contributed by atoms with Gasteiger partial charge < -0.3 is 10.1 Å². The molecular weight excluding hydrogens is 431 g/mol. The van der Waals surface area contributed by atoms with Gasteiger partial charge in [-0.2, -0.15) is 4.68 Å². The Morgan fingerprint density at radius 3 is 2.45 bits per heavy atom. The third-order valence-corrected chi connectivity index (χ3v) is 4.80. The first-order valence-corrected chi connectivity index (χ1v) is 9.35. The summed E-state index contributed by atoms with van der Waals surface area (Å²) in [4.78, 5) is 12.4. The van der Waals surface area contributed by atoms with Gasteiger partial charge in [0.05, 0.1) is 10.9 Å². The number of halogens is 4. The van der Waals surface area contributed by atoms with Crippen molar-refractivity contribution < 1.29 is 22.7 Å². The second kappa shape index (κ2) is 8.70. The number of hydrogen-bond acceptors (Lipinski definition) is 6. The maximum Gasteiger partial charge on any atom is 0.573 e. The zero-order chi connectivity index (χ0) is 21.0. The number of ether oxygens (including phenoxy) is 1. The van der Waals surface area contributed by atoms with E-state index in [1.807, 2.05) is 0 Å². The van der Waals surface area contributed by atoms with Gasteiger partial charge in [-0.15, -0.1) is 18.3 Å². The fraction of sp³-hybridized carbons (Fsp3) is 0.176. The fourth-order valence-electron chi connectivity index (χ4n) is 2.19. The quantitative estimate of drug-likeness (QED) is 0.571. The predicted molar refractivity (Wildman–Crippen MR) is 101 cm³/mol. The van der Waals surface area contributed by atoms with Crippen LogP contribution in [0.4, 0.5) is 18.9 Å². The summed E-state index contributed by atoms with van der Waals surface area (Å²) < 4.78 is 41.8. The van der Waals surface area contributed by atoms with E-state index in [-0.39, 0.29) is 11.7 Å². The monoisotopic (exact) mass is 443 g/mol. The molecule has 0 saturated heterocycles. The van der Waals surface area contributed by atoms with E-state index < -0.39 is 11.6 Å². The molecule has 7 nitrogen and oxygen atoms in total. The number of benzene rings is 2. The molecule has 1 amide bonds. The summed E-state index contributed by atoms with van der Waals surface area (Å²) in [5, 5.41) is 14.4. The molecule has 1 unspecified atom stereocenters. The number of nitrogens with zero attached hydrogens (tertiary/aromatic N) is 4. The molecule has 0 fully saturated rings. The molecule has 0 spiro atoms. The Labute approximate surface area is 172 Å². The number of amides is 1. The van der Waals surface area contributed by atoms with Gasteiger partial charge in [0.25, 0.3) is 0 Å². The lowest BCUT2D eigenvalue weighted by Gasteiger charge is -2.13. The normalized spacial score (nSPS) is 12.4. The number of aromatic nitrogens is 4. The molecule has 3 rings (SSSR count). The van der Waals surface area contributed by atoms with E-state index in [2.05, 4.69) is 25.6 Å². The van der Waals surface area contributed by atoms with Gasteiger partial charge in [-0.3, -0.25) is 4.79 Å². The van der Waals surface area contributed by atoms with Crippen molar-refractivity contribution in [3.8, 4) is 11.4 Å². The molecule has 0 aliphatic carbocycles. The maximum atomic E-state index is 12.4. The molecule has 1 heterocycles. The van der Waals surface area contributed by atoms with Crippen LogP contribution in [0.2, 0.25) is 5.02 Å². The minimum atomic E-state index is -4.77. The van der Waals surface area contributed by atoms with Gasteiger partial charge in [0.15, 0.2) is 0 Å². The molecule has 3 aromatic rings. The van der Waals surface area contributed by atoms with Gasteiger partial charge in [0, 0.05) is 10.7 Å². The van der Waals surface area contributed by atoms with E-state index in [0.29, 0.717) is 21.6 Å². The number of carbonyl (C=O) groups is 1. The molecule has 29 heavy (non-hydrogen) atoms. The number of alkyl halides is 3. The molecule has 152 valence electrons. The molecule has 0 bridgehead atoms. The van der Waals surface area contributed by atoms with Crippen molar-refractivity contribution >= 4 is 35.0 Å². The lowest BCUT2D eigenvalue weighted by Crippen LogP contribution is -2.23. The molecule has 0 aliphatic rings. The molecule has 12 heteroatoms. The SMILES string of the molecule is CC(Sc1nnnn1-c1ccc(Cl)cc1)C(=O)Nc1ccc(OC(F)(F)F)cc1. The predicted octanol–water partition coefficient (Wildman–Crippen LogP) is 4.33. The molecular formula is C17H13ClF3N5O2S. The first-order valence-electron chi connectivity index (χ1n) is 8.09. The third-order valence-electron chi connectivity index (χ3n) is 3.52. The Balaban J connectivity index is 1.63. The average Bonchev–Trinajstić information content (AvgIpc) is 3.11. The number of anilines is 1. The molecule has 1 N–H and O–H groups in total. The van der Waals surface area contributed by atoms with E-state index in [0.717, 1.165) is 23.9 Å². The zero-order valence-corrected chi connectivity index (χ0v) is 16.3. The third kappa shape index (κ3) is 5.84. The molecule has 0 saturated carbocycles. The van der Waals surface area contributed by atoms with Gasteiger partial charge in [0.1, 0.15) is 5.75 Å². The van der Waals surface area contributed by atoms with Crippen LogP contribution in [-0.2, 0) is 4.79 Å². The van der Waals surface area contributed by atoms with E-state index in [1.165, 1.54) is 16.8 Å². The fourth-order valence-corrected chi connectivity index (χ4v) is 3.13. The summed E-state index contributed by atoms with van der Waals surface area (Å²) in [6.07, 6.45) is -4.77. The van der Waals surface area contributed by atoms with Crippen molar-refractivity contribution in [2.24, 2.45) is 0 Å². The van der Waals surface area contributed by atoms with Crippen LogP contribution >= 0.6 is 23.4 Å². The molecule has 1 atom stereocenters. The first kappa shape index (κ1) is 20.9. The summed E-state index contributed by atoms with van der Waals surface area (Å²) in [6, 6.07) is 11.7. The topological polar surface area (TPSA) is 81.9 Å². The Kier molecular flexibility index (Phi) is 6.28. The smallest absolute Gasteiger partial charge is 0.406 e. The summed E-state index contributed by atoms with van der Waals surface area (Å²) in [6.45, 7) is 1.65. The van der Waals surface area contributed by atoms with Crippen LogP contribution in [-0.4, -0.2) is 37.7 Å². The standard InChI is InChI=1S/C17H13ClF3N5O2S/c1-10(15(27)22-12-4-8-14(9-5-12)28-17(19,20)21)29-16-23-24-25-26(16)13-6-2-11(18)3-7-13/h2-10H,1H3,(H,22,27). The van der Waals surface area contributed by atoms with Crippen molar-refractivity contribution in [3.63, 3.8) is 0 Å². The van der Waals surface area contributed by atoms with Gasteiger partial charge in [-0.25, -0.2) is 0 Å². The zero-order valence-electron chi connectivity index (χ0n) is 14.7. The molecule has 0 radical (unpaired) electrons. The van der Waals surface area contributed by atoms with Crippen LogP contribution in [0.3, 0.4) is 0 Å². The lowest BCUT2D eigenvalue weighted by molar-refractivity contribution is -0.274. The lowest BCUT2D eigenvalue weighted by atomic mass is 10.3. The van der Waals surface area contributed by atoms with Crippen molar-refractivity contribution in [3.05, 3.63) is 53.6 Å². The summed E-state index contributed by atoms with van der Waals surface area (Å²) in [5.74, 6) is -0.745. The van der Waals surface area contributed by atoms with E-state index in [9.17, 15) is 18.0 Å². The highest BCUT2D eigenvalue weighted by Crippen LogP contribution is 2.26. The Morgan fingerprint density at radius 2 is 1.83 bits per heavy atom. The largest absolute Gasteiger partial charge is 0.573 e. The van der Waals surface area contributed by atoms with Crippen LogP contribution < -0.4 is 10.1 Å². The second-order valence-electron chi connectivity index (χ2n) is 5.67. The minimum absolute atomic E-state index is 0.328. The highest BCUT2D eigenvalue weighted by molar-refractivity contribution is 8.00. The van der Waals surface area contributed by atoms with E-state index in [4.69, 9.17) is 11.6 Å². The van der Waals surface area contributed by atoms with Crippen LogP contribution in [0, 0.1) is 0 Å². The van der Waals surface area contributed by atoms with Crippen LogP contribution in [0.15, 0.2) is 53.7 Å². The van der Waals surface area contributed by atoms with Gasteiger partial charge in [-0.1, -0.05) is 23.4 Å². The van der Waals surface area contributed by atoms with Gasteiger partial charge in [0.2, 0.25) is 11.1 Å². The van der Waals surface area contributed by atoms with Gasteiger partial charge in [-0.05, 0) is 65.9 Å². The molecule has 2 aromatic carbocycles. The van der Waals surface area contributed by atoms with Crippen molar-refractivity contribution in [2.45, 2.75) is 23.7 Å². The number of carbonyl (C=O) groups excluding carboxylic acids is 1. The Morgan fingerprint density at radius 1 is 1.17 bits per heavy atom. The molecule has 0 aliphatic heterocycles. The number of hydrogen-bond donors (Lipinski definition) is 1. The summed E-state index contributed by atoms with van der Waals surface area (Å²) >= 11 is 7.00. The van der Waals surface area contributed by atoms with E-state index >= 15 is 0 Å². The second-order valence-corrected chi connectivity index (χ2v) is 7.42. The maximum absolute atomic E-state index is 12.4. The number of tetrazole rings is 1.